The van der Waals surface area contributed by atoms with Gasteiger partial charge < -0.3 is 24.2 Å². The van der Waals surface area contributed by atoms with Gasteiger partial charge in [-0.25, -0.2) is 4.39 Å². The second-order valence-corrected chi connectivity index (χ2v) is 8.39. The smallest absolute Gasteiger partial charge is 0.295 e. The summed E-state index contributed by atoms with van der Waals surface area (Å²) in [6, 6.07) is 9.71. The molecule has 2 aromatic carbocycles. The van der Waals surface area contributed by atoms with Crippen LogP contribution in [0.1, 0.15) is 31.0 Å². The van der Waals surface area contributed by atoms with Crippen molar-refractivity contribution in [2.75, 3.05) is 46.2 Å². The Morgan fingerprint density at radius 2 is 1.77 bits per heavy atom. The minimum absolute atomic E-state index is 0. The van der Waals surface area contributed by atoms with Crippen LogP contribution in [0.15, 0.2) is 48.0 Å². The Morgan fingerprint density at radius 3 is 2.54 bits per heavy atom. The summed E-state index contributed by atoms with van der Waals surface area (Å²) >= 11 is 0. The summed E-state index contributed by atoms with van der Waals surface area (Å²) in [6.07, 6.45) is 0.599. The first-order chi connectivity index (χ1) is 16.5. The predicted octanol–water partition coefficient (Wildman–Crippen LogP) is 3.33. The van der Waals surface area contributed by atoms with Crippen molar-refractivity contribution in [1.29, 1.82) is 0 Å². The van der Waals surface area contributed by atoms with Gasteiger partial charge in [-0.15, -0.1) is 0 Å². The third-order valence-electron chi connectivity index (χ3n) is 6.36. The first kappa shape index (κ1) is 24.7. The molecule has 2 fully saturated rings. The van der Waals surface area contributed by atoms with E-state index >= 15 is 0 Å². The van der Waals surface area contributed by atoms with E-state index in [9.17, 15) is 19.1 Å². The summed E-state index contributed by atoms with van der Waals surface area (Å²) in [5.74, 6) is -1.57. The van der Waals surface area contributed by atoms with Gasteiger partial charge in [-0.2, -0.15) is 0 Å². The lowest BCUT2D eigenvalue weighted by Gasteiger charge is -2.29. The van der Waals surface area contributed by atoms with Crippen LogP contribution in [0.25, 0.3) is 5.76 Å². The summed E-state index contributed by atoms with van der Waals surface area (Å²) < 4.78 is 30.9. The van der Waals surface area contributed by atoms with Crippen molar-refractivity contribution in [3.8, 4) is 11.5 Å². The summed E-state index contributed by atoms with van der Waals surface area (Å²) in [6.45, 7) is 3.96. The first-order valence-corrected chi connectivity index (χ1v) is 11.3. The van der Waals surface area contributed by atoms with Crippen molar-refractivity contribution in [2.24, 2.45) is 0 Å². The number of rotatable bonds is 6. The van der Waals surface area contributed by atoms with E-state index in [0.717, 1.165) is 19.6 Å². The van der Waals surface area contributed by atoms with Crippen LogP contribution in [0.5, 0.6) is 11.5 Å². The molecule has 0 radical (unpaired) electrons. The maximum atomic E-state index is 14.9. The summed E-state index contributed by atoms with van der Waals surface area (Å²) in [5, 5.41) is 11.1. The monoisotopic (exact) mass is 484 g/mol. The fraction of sp³-hybridized carbons (Fsp3) is 0.385. The normalized spacial score (nSPS) is 21.3. The Kier molecular flexibility index (Phi) is 7.37. The topological polar surface area (TPSA) is 88.5 Å². The van der Waals surface area contributed by atoms with Gasteiger partial charge in [0.25, 0.3) is 11.7 Å². The molecule has 35 heavy (non-hydrogen) atoms. The third kappa shape index (κ3) is 4.74. The highest BCUT2D eigenvalue weighted by atomic mass is 19.1. The van der Waals surface area contributed by atoms with E-state index in [1.54, 1.807) is 30.3 Å². The number of benzene rings is 2. The van der Waals surface area contributed by atoms with Crippen LogP contribution in [0.3, 0.4) is 0 Å². The van der Waals surface area contributed by atoms with E-state index in [1.807, 2.05) is 0 Å². The van der Waals surface area contributed by atoms with Crippen molar-refractivity contribution >= 4 is 17.4 Å². The fourth-order valence-corrected chi connectivity index (χ4v) is 4.62. The number of carbonyl (C=O) groups is 2. The van der Waals surface area contributed by atoms with E-state index in [-0.39, 0.29) is 43.2 Å². The highest BCUT2D eigenvalue weighted by Crippen LogP contribution is 2.42. The first-order valence-electron chi connectivity index (χ1n) is 11.3. The lowest BCUT2D eigenvalue weighted by molar-refractivity contribution is -0.140. The molecule has 0 aliphatic carbocycles. The lowest BCUT2D eigenvalue weighted by atomic mass is 9.94. The van der Waals surface area contributed by atoms with Gasteiger partial charge in [0.1, 0.15) is 11.6 Å². The van der Waals surface area contributed by atoms with E-state index in [4.69, 9.17) is 14.2 Å². The van der Waals surface area contributed by atoms with Crippen molar-refractivity contribution in [3.63, 3.8) is 0 Å². The molecule has 0 saturated carbocycles. The zero-order chi connectivity index (χ0) is 23.7. The Morgan fingerprint density at radius 1 is 1.03 bits per heavy atom. The van der Waals surface area contributed by atoms with Crippen LogP contribution in [-0.4, -0.2) is 72.8 Å². The second kappa shape index (κ2) is 10.5. The molecule has 1 amide bonds. The molecule has 3 aliphatic heterocycles. The third-order valence-corrected chi connectivity index (χ3v) is 6.36. The highest BCUT2D eigenvalue weighted by Gasteiger charge is 2.46. The molecule has 2 aromatic rings. The van der Waals surface area contributed by atoms with Gasteiger partial charge in [-0.3, -0.25) is 14.5 Å². The number of ketones is 1. The molecule has 186 valence electrons. The summed E-state index contributed by atoms with van der Waals surface area (Å²) in [4.78, 5) is 29.7. The van der Waals surface area contributed by atoms with Gasteiger partial charge >= 0.3 is 0 Å². The maximum Gasteiger partial charge on any atom is 0.295 e. The number of likely N-dealkylation sites (tertiary alicyclic amines) is 1. The van der Waals surface area contributed by atoms with E-state index < -0.39 is 23.5 Å². The van der Waals surface area contributed by atoms with Crippen LogP contribution < -0.4 is 9.47 Å². The largest absolute Gasteiger partial charge is 0.507 e. The molecular weight excluding hydrogens is 455 g/mol. The molecule has 5 rings (SSSR count). The van der Waals surface area contributed by atoms with Gasteiger partial charge in [0.15, 0.2) is 11.5 Å². The number of ether oxygens (including phenoxy) is 3. The van der Waals surface area contributed by atoms with Gasteiger partial charge in [0.2, 0.25) is 6.79 Å². The van der Waals surface area contributed by atoms with Crippen LogP contribution in [0.2, 0.25) is 0 Å². The number of fused-ring (bicyclic) bond motifs is 1. The van der Waals surface area contributed by atoms with Crippen LogP contribution >= 0.6 is 0 Å². The number of halogens is 1. The van der Waals surface area contributed by atoms with Crippen molar-refractivity contribution in [3.05, 3.63) is 65.0 Å². The summed E-state index contributed by atoms with van der Waals surface area (Å²) in [5.41, 5.74) is 0.313. The number of hydrogen-bond acceptors (Lipinski definition) is 7. The Bertz CT molecular complexity index is 1140. The van der Waals surface area contributed by atoms with Crippen molar-refractivity contribution in [1.82, 2.24) is 9.80 Å². The molecule has 0 aromatic heterocycles. The van der Waals surface area contributed by atoms with Crippen LogP contribution in [0.4, 0.5) is 4.39 Å². The molecule has 2 saturated heterocycles. The number of hydrogen-bond donors (Lipinski definition) is 1. The molecule has 1 atom stereocenters. The van der Waals surface area contributed by atoms with E-state index in [0.29, 0.717) is 31.1 Å². The minimum Gasteiger partial charge on any atom is -0.507 e. The molecule has 1 N–H and O–H groups in total. The van der Waals surface area contributed by atoms with Gasteiger partial charge in [-0.1, -0.05) is 25.6 Å². The fourth-order valence-electron chi connectivity index (χ4n) is 4.62. The number of morpholine rings is 1. The minimum atomic E-state index is -1.03. The molecule has 9 heteroatoms. The standard InChI is InChI=1S/C25H25FN2O6.CH4/c26-18-5-2-1-4-17(18)22-21(23(29)16-6-7-19-20(14-16)34-15-33-19)24(30)25(31)28(22)9-3-8-27-10-12-32-13-11-27;/h1-2,4-7,14,22,29H,3,8-13,15H2;1H4. The van der Waals surface area contributed by atoms with Crippen molar-refractivity contribution in [2.45, 2.75) is 19.9 Å². The van der Waals surface area contributed by atoms with Gasteiger partial charge in [-0.05, 0) is 30.7 Å². The number of nitrogens with zero attached hydrogens (tertiary/aromatic N) is 2. The zero-order valence-electron chi connectivity index (χ0n) is 18.5. The molecular formula is C26H29FN2O6. The number of amides is 1. The maximum absolute atomic E-state index is 14.9. The molecule has 8 nitrogen and oxygen atoms in total. The quantitative estimate of drug-likeness (QED) is 0.382. The lowest BCUT2D eigenvalue weighted by Crippen LogP contribution is -2.39. The van der Waals surface area contributed by atoms with E-state index in [2.05, 4.69) is 4.90 Å². The molecule has 0 spiro atoms. The second-order valence-electron chi connectivity index (χ2n) is 8.39. The zero-order valence-corrected chi connectivity index (χ0v) is 18.5. The summed E-state index contributed by atoms with van der Waals surface area (Å²) in [7, 11) is 0. The van der Waals surface area contributed by atoms with Crippen LogP contribution in [-0.2, 0) is 14.3 Å². The Labute approximate surface area is 203 Å². The molecule has 0 bridgehead atoms. The number of carbonyl (C=O) groups excluding carboxylic acids is 2. The van der Waals surface area contributed by atoms with E-state index in [1.165, 1.54) is 17.0 Å². The van der Waals surface area contributed by atoms with Gasteiger partial charge in [0.05, 0.1) is 24.8 Å². The van der Waals surface area contributed by atoms with Crippen LogP contribution in [0, 0.1) is 5.82 Å². The number of aliphatic hydroxyl groups excluding tert-OH is 1. The SMILES string of the molecule is C.O=C1C(=O)N(CCCN2CCOCC2)C(c2ccccc2F)C1=C(O)c1ccc2c(c1)OCO2. The average Bonchev–Trinajstić information content (AvgIpc) is 3.42. The molecule has 3 aliphatic rings. The average molecular weight is 485 g/mol. The van der Waals surface area contributed by atoms with Gasteiger partial charge in [0, 0.05) is 37.3 Å². The Hall–Kier alpha value is -3.43. The number of aliphatic hydroxyl groups is 1. The predicted molar refractivity (Wildman–Crippen MR) is 127 cm³/mol. The van der Waals surface area contributed by atoms with Crippen molar-refractivity contribution < 1.29 is 33.3 Å². The molecule has 1 unspecified atom stereocenters. The highest BCUT2D eigenvalue weighted by molar-refractivity contribution is 6.46. The molecule has 3 heterocycles. The Balaban J connectivity index is 0.00000289. The number of Topliss-reactive ketones (excluding diaryl/α,β-unsaturated/α-hetero) is 1.